The van der Waals surface area contributed by atoms with Gasteiger partial charge in [0.25, 0.3) is 0 Å². The molecule has 10 aromatic rings. The van der Waals surface area contributed by atoms with E-state index in [1.165, 1.54) is 52.1 Å². The van der Waals surface area contributed by atoms with Gasteiger partial charge in [-0.05, 0) is 42.5 Å². The second-order valence-corrected chi connectivity index (χ2v) is 13.5. The van der Waals surface area contributed by atoms with Crippen molar-refractivity contribution in [1.29, 1.82) is 0 Å². The van der Waals surface area contributed by atoms with E-state index >= 15 is 0 Å². The Labute approximate surface area is 266 Å². The fraction of sp³-hybridized carbons (Fsp3) is 0. The second kappa shape index (κ2) is 9.57. The van der Waals surface area contributed by atoms with Crippen molar-refractivity contribution < 1.29 is 0 Å². The molecule has 3 nitrogen and oxygen atoms in total. The van der Waals surface area contributed by atoms with Crippen LogP contribution in [0, 0.1) is 0 Å². The highest BCUT2D eigenvalue weighted by molar-refractivity contribution is 7.26. The van der Waals surface area contributed by atoms with Crippen LogP contribution in [-0.4, -0.2) is 14.5 Å². The Hall–Kier alpha value is -5.36. The first kappa shape index (κ1) is 25.0. The summed E-state index contributed by atoms with van der Waals surface area (Å²) in [7, 11) is 0. The maximum absolute atomic E-state index is 5.20. The van der Waals surface area contributed by atoms with Crippen LogP contribution in [0.2, 0.25) is 0 Å². The molecule has 0 aliphatic carbocycles. The molecule has 0 aliphatic rings. The smallest absolute Gasteiger partial charge is 0.161 e. The lowest BCUT2D eigenvalue weighted by Crippen LogP contribution is -1.96. The van der Waals surface area contributed by atoms with Crippen molar-refractivity contribution in [2.24, 2.45) is 0 Å². The first-order chi connectivity index (χ1) is 22.3. The lowest BCUT2D eigenvalue weighted by atomic mass is 10.0. The molecule has 0 amide bonds. The molecule has 0 saturated heterocycles. The van der Waals surface area contributed by atoms with Crippen LogP contribution in [0.5, 0.6) is 0 Å². The SMILES string of the molecule is c1ccc(-c2nc(-c3ccc(-n4c5ccccc5c5cc6sc7ccccc7c6cc54)cc3)c3c(n2)sc2ccccc23)cc1. The number of hydrogen-bond donors (Lipinski definition) is 0. The Bertz CT molecular complexity index is 2750. The van der Waals surface area contributed by atoms with E-state index in [1.54, 1.807) is 11.3 Å². The molecule has 0 unspecified atom stereocenters. The molecule has 45 heavy (non-hydrogen) atoms. The highest BCUT2D eigenvalue weighted by Gasteiger charge is 2.18. The number of aromatic nitrogens is 3. The van der Waals surface area contributed by atoms with Gasteiger partial charge < -0.3 is 4.57 Å². The number of thiophene rings is 2. The largest absolute Gasteiger partial charge is 0.309 e. The molecule has 4 aromatic heterocycles. The summed E-state index contributed by atoms with van der Waals surface area (Å²) in [5.41, 5.74) is 6.64. The highest BCUT2D eigenvalue weighted by Crippen LogP contribution is 2.42. The fourth-order valence-electron chi connectivity index (χ4n) is 6.78. The number of rotatable bonds is 3. The van der Waals surface area contributed by atoms with Gasteiger partial charge in [-0.1, -0.05) is 97.1 Å². The van der Waals surface area contributed by atoms with Crippen LogP contribution in [-0.2, 0) is 0 Å². The van der Waals surface area contributed by atoms with Crippen molar-refractivity contribution >= 4 is 85.0 Å². The minimum Gasteiger partial charge on any atom is -0.309 e. The topological polar surface area (TPSA) is 30.7 Å². The van der Waals surface area contributed by atoms with Crippen LogP contribution in [0.15, 0.2) is 140 Å². The summed E-state index contributed by atoms with van der Waals surface area (Å²) >= 11 is 3.60. The van der Waals surface area contributed by atoms with E-state index in [2.05, 4.69) is 126 Å². The molecular weight excluding hydrogens is 587 g/mol. The summed E-state index contributed by atoms with van der Waals surface area (Å²) in [6.45, 7) is 0. The highest BCUT2D eigenvalue weighted by atomic mass is 32.1. The molecule has 0 bridgehead atoms. The molecule has 210 valence electrons. The zero-order chi connectivity index (χ0) is 29.5. The third-order valence-electron chi connectivity index (χ3n) is 8.84. The number of para-hydroxylation sites is 1. The van der Waals surface area contributed by atoms with E-state index in [9.17, 15) is 0 Å². The van der Waals surface area contributed by atoms with Crippen molar-refractivity contribution in [3.63, 3.8) is 0 Å². The van der Waals surface area contributed by atoms with Crippen molar-refractivity contribution in [2.75, 3.05) is 0 Å². The Morgan fingerprint density at radius 1 is 0.444 bits per heavy atom. The molecule has 6 aromatic carbocycles. The van der Waals surface area contributed by atoms with Gasteiger partial charge in [-0.3, -0.25) is 0 Å². The normalized spacial score (nSPS) is 12.0. The van der Waals surface area contributed by atoms with Gasteiger partial charge in [-0.25, -0.2) is 9.97 Å². The van der Waals surface area contributed by atoms with Gasteiger partial charge in [0.05, 0.1) is 16.7 Å². The molecule has 0 radical (unpaired) electrons. The lowest BCUT2D eigenvalue weighted by molar-refractivity contribution is 1.18. The van der Waals surface area contributed by atoms with Gasteiger partial charge in [0.2, 0.25) is 0 Å². The van der Waals surface area contributed by atoms with Gasteiger partial charge in [0.15, 0.2) is 5.82 Å². The molecule has 0 spiro atoms. The zero-order valence-electron chi connectivity index (χ0n) is 23.9. The van der Waals surface area contributed by atoms with Crippen molar-refractivity contribution in [1.82, 2.24) is 14.5 Å². The van der Waals surface area contributed by atoms with Crippen LogP contribution >= 0.6 is 22.7 Å². The second-order valence-electron chi connectivity index (χ2n) is 11.4. The van der Waals surface area contributed by atoms with Crippen LogP contribution in [0.25, 0.3) is 90.6 Å². The summed E-state index contributed by atoms with van der Waals surface area (Å²) in [5.74, 6) is 0.753. The van der Waals surface area contributed by atoms with E-state index in [0.29, 0.717) is 0 Å². The summed E-state index contributed by atoms with van der Waals surface area (Å²) in [5, 5.41) is 7.49. The van der Waals surface area contributed by atoms with Crippen LogP contribution in [0.1, 0.15) is 0 Å². The predicted octanol–water partition coefficient (Wildman–Crippen LogP) is 11.6. The third-order valence-corrected chi connectivity index (χ3v) is 11.0. The molecule has 0 N–H and O–H groups in total. The summed E-state index contributed by atoms with van der Waals surface area (Å²) in [6, 6.07) is 50.0. The molecule has 0 aliphatic heterocycles. The first-order valence-electron chi connectivity index (χ1n) is 15.0. The monoisotopic (exact) mass is 609 g/mol. The average molecular weight is 610 g/mol. The maximum Gasteiger partial charge on any atom is 0.161 e. The van der Waals surface area contributed by atoms with Gasteiger partial charge >= 0.3 is 0 Å². The molecule has 0 atom stereocenters. The first-order valence-corrected chi connectivity index (χ1v) is 16.6. The summed E-state index contributed by atoms with van der Waals surface area (Å²) in [4.78, 5) is 11.3. The number of nitrogens with zero attached hydrogens (tertiary/aromatic N) is 3. The fourth-order valence-corrected chi connectivity index (χ4v) is 8.98. The minimum absolute atomic E-state index is 0.753. The van der Waals surface area contributed by atoms with Crippen molar-refractivity contribution in [3.05, 3.63) is 140 Å². The zero-order valence-corrected chi connectivity index (χ0v) is 25.6. The molecule has 0 saturated carbocycles. The molecule has 0 fully saturated rings. The summed E-state index contributed by atoms with van der Waals surface area (Å²) in [6.07, 6.45) is 0. The third kappa shape index (κ3) is 3.75. The van der Waals surface area contributed by atoms with Crippen molar-refractivity contribution in [2.45, 2.75) is 0 Å². The van der Waals surface area contributed by atoms with E-state index in [1.807, 2.05) is 29.5 Å². The Morgan fingerprint density at radius 2 is 1.13 bits per heavy atom. The molecule has 4 heterocycles. The van der Waals surface area contributed by atoms with Gasteiger partial charge in [-0.15, -0.1) is 22.7 Å². The van der Waals surface area contributed by atoms with E-state index < -0.39 is 0 Å². The minimum atomic E-state index is 0.753. The quantitative estimate of drug-likeness (QED) is 0.199. The predicted molar refractivity (Wildman–Crippen MR) is 193 cm³/mol. The maximum atomic E-state index is 5.20. The van der Waals surface area contributed by atoms with Gasteiger partial charge in [-0.2, -0.15) is 0 Å². The van der Waals surface area contributed by atoms with Crippen LogP contribution in [0.4, 0.5) is 0 Å². The average Bonchev–Trinajstić information content (AvgIpc) is 3.76. The van der Waals surface area contributed by atoms with Crippen LogP contribution < -0.4 is 0 Å². The standard InChI is InChI=1S/C40H23N3S2/c1-2-10-25(11-3-1)39-41-38(37-29-14-6-9-17-35(29)45-40(37)42-39)24-18-20-26(21-19-24)43-32-15-7-4-12-27(32)30-23-36-31(22-33(30)43)28-13-5-8-16-34(28)44-36/h1-23H. The van der Waals surface area contributed by atoms with Crippen molar-refractivity contribution in [3.8, 4) is 28.3 Å². The van der Waals surface area contributed by atoms with E-state index in [-0.39, 0.29) is 0 Å². The Balaban J connectivity index is 1.20. The number of hydrogen-bond acceptors (Lipinski definition) is 4. The van der Waals surface area contributed by atoms with E-state index in [0.717, 1.165) is 38.5 Å². The van der Waals surface area contributed by atoms with Gasteiger partial charge in [0, 0.05) is 63.2 Å². The number of benzene rings is 6. The lowest BCUT2D eigenvalue weighted by Gasteiger charge is -2.11. The Morgan fingerprint density at radius 3 is 1.96 bits per heavy atom. The molecule has 10 rings (SSSR count). The van der Waals surface area contributed by atoms with Crippen LogP contribution in [0.3, 0.4) is 0 Å². The Kier molecular flexibility index (Phi) is 5.32. The molecular formula is C40H23N3S2. The molecule has 5 heteroatoms. The summed E-state index contributed by atoms with van der Waals surface area (Å²) < 4.78 is 6.28. The number of fused-ring (bicyclic) bond motifs is 9. The van der Waals surface area contributed by atoms with Gasteiger partial charge in [0.1, 0.15) is 4.83 Å². The van der Waals surface area contributed by atoms with E-state index in [4.69, 9.17) is 9.97 Å².